The molecule has 3 rings (SSSR count). The van der Waals surface area contributed by atoms with Gasteiger partial charge in [0.15, 0.2) is 0 Å². The van der Waals surface area contributed by atoms with Crippen molar-refractivity contribution < 1.29 is 4.79 Å². The van der Waals surface area contributed by atoms with Gasteiger partial charge in [-0.2, -0.15) is 0 Å². The molecule has 0 atom stereocenters. The normalized spacial score (nSPS) is 15.2. The number of hydrogen-bond acceptors (Lipinski definition) is 3. The number of carbonyl (C=O) groups excluding carboxylic acids is 1. The molecule has 2 N–H and O–H groups in total. The van der Waals surface area contributed by atoms with Crippen LogP contribution in [0.2, 0.25) is 0 Å². The maximum absolute atomic E-state index is 12.4. The van der Waals surface area contributed by atoms with Gasteiger partial charge in [-0.3, -0.25) is 14.7 Å². The lowest BCUT2D eigenvalue weighted by atomic mass is 10.2. The van der Waals surface area contributed by atoms with Crippen LogP contribution in [0.5, 0.6) is 0 Å². The second-order valence-corrected chi connectivity index (χ2v) is 5.22. The minimum atomic E-state index is -0.225. The van der Waals surface area contributed by atoms with E-state index < -0.39 is 0 Å². The monoisotopic (exact) mass is 286 g/mol. The standard InChI is InChI=1S/C15H18N4O2/c1-11-2-4-12(5-3-11)19-14(20)10-13(17-19)15(21)18-8-6-16-7-9-18/h2-5,10,16-17H,6-9H2,1H3. The van der Waals surface area contributed by atoms with Gasteiger partial charge >= 0.3 is 0 Å². The number of hydrogen-bond donors (Lipinski definition) is 2. The Morgan fingerprint density at radius 1 is 1.14 bits per heavy atom. The van der Waals surface area contributed by atoms with E-state index in [2.05, 4.69) is 10.4 Å². The van der Waals surface area contributed by atoms with Gasteiger partial charge < -0.3 is 10.2 Å². The highest BCUT2D eigenvalue weighted by Gasteiger charge is 2.20. The minimum Gasteiger partial charge on any atom is -0.335 e. The average molecular weight is 286 g/mol. The summed E-state index contributed by atoms with van der Waals surface area (Å²) in [6.07, 6.45) is 0. The molecule has 1 fully saturated rings. The summed E-state index contributed by atoms with van der Waals surface area (Å²) in [4.78, 5) is 26.2. The highest BCUT2D eigenvalue weighted by molar-refractivity contribution is 5.92. The Kier molecular flexibility index (Phi) is 3.62. The van der Waals surface area contributed by atoms with E-state index in [1.165, 1.54) is 10.7 Å². The van der Waals surface area contributed by atoms with Crippen LogP contribution in [0.15, 0.2) is 35.1 Å². The third kappa shape index (κ3) is 2.75. The van der Waals surface area contributed by atoms with E-state index in [0.717, 1.165) is 24.3 Å². The number of nitrogens with zero attached hydrogens (tertiary/aromatic N) is 2. The molecule has 1 saturated heterocycles. The fourth-order valence-corrected chi connectivity index (χ4v) is 2.43. The fourth-order valence-electron chi connectivity index (χ4n) is 2.43. The summed E-state index contributed by atoms with van der Waals surface area (Å²) in [5.41, 5.74) is 1.96. The number of rotatable bonds is 2. The number of aryl methyl sites for hydroxylation is 1. The zero-order chi connectivity index (χ0) is 14.8. The Hall–Kier alpha value is -2.34. The van der Waals surface area contributed by atoms with Gasteiger partial charge in [0.2, 0.25) is 0 Å². The molecule has 21 heavy (non-hydrogen) atoms. The summed E-state index contributed by atoms with van der Waals surface area (Å²) in [5.74, 6) is -0.125. The van der Waals surface area contributed by atoms with Crippen LogP contribution in [0.4, 0.5) is 0 Å². The van der Waals surface area contributed by atoms with Crippen LogP contribution >= 0.6 is 0 Å². The first kappa shape index (κ1) is 13.6. The molecule has 2 aromatic rings. The van der Waals surface area contributed by atoms with Crippen molar-refractivity contribution in [2.24, 2.45) is 0 Å². The second-order valence-electron chi connectivity index (χ2n) is 5.22. The summed E-state index contributed by atoms with van der Waals surface area (Å²) in [6.45, 7) is 4.89. The van der Waals surface area contributed by atoms with Crippen molar-refractivity contribution >= 4 is 5.91 Å². The molecule has 1 aromatic carbocycles. The van der Waals surface area contributed by atoms with Gasteiger partial charge in [-0.15, -0.1) is 0 Å². The van der Waals surface area contributed by atoms with Crippen LogP contribution in [0.3, 0.4) is 0 Å². The zero-order valence-electron chi connectivity index (χ0n) is 11.9. The number of piperazine rings is 1. The maximum Gasteiger partial charge on any atom is 0.272 e. The first-order chi connectivity index (χ1) is 10.1. The van der Waals surface area contributed by atoms with Crippen LogP contribution in [0, 0.1) is 6.92 Å². The van der Waals surface area contributed by atoms with E-state index in [4.69, 9.17) is 0 Å². The van der Waals surface area contributed by atoms with Crippen LogP contribution in [0.1, 0.15) is 16.1 Å². The topological polar surface area (TPSA) is 70.1 Å². The van der Waals surface area contributed by atoms with E-state index in [-0.39, 0.29) is 11.5 Å². The van der Waals surface area contributed by atoms with E-state index in [0.29, 0.717) is 18.8 Å². The second kappa shape index (κ2) is 5.57. The Morgan fingerprint density at radius 3 is 2.48 bits per heavy atom. The molecule has 6 nitrogen and oxygen atoms in total. The molecule has 1 aromatic heterocycles. The van der Waals surface area contributed by atoms with Gasteiger partial charge in [-0.05, 0) is 19.1 Å². The molecular weight excluding hydrogens is 268 g/mol. The number of carbonyl (C=O) groups is 1. The summed E-state index contributed by atoms with van der Waals surface area (Å²) in [7, 11) is 0. The highest BCUT2D eigenvalue weighted by Crippen LogP contribution is 2.08. The SMILES string of the molecule is Cc1ccc(-n2[nH]c(C(=O)N3CCNCC3)cc2=O)cc1. The molecule has 2 heterocycles. The van der Waals surface area contributed by atoms with Crippen LogP contribution in [-0.2, 0) is 0 Å². The third-order valence-corrected chi connectivity index (χ3v) is 3.65. The highest BCUT2D eigenvalue weighted by atomic mass is 16.2. The molecule has 0 radical (unpaired) electrons. The molecule has 0 spiro atoms. The predicted octanol–water partition coefficient (Wildman–Crippen LogP) is 0.519. The van der Waals surface area contributed by atoms with Gasteiger partial charge in [0.25, 0.3) is 11.5 Å². The number of aromatic nitrogens is 2. The Morgan fingerprint density at radius 2 is 1.81 bits per heavy atom. The molecule has 6 heteroatoms. The molecule has 1 aliphatic rings. The van der Waals surface area contributed by atoms with Crippen LogP contribution < -0.4 is 10.9 Å². The first-order valence-electron chi connectivity index (χ1n) is 7.04. The van der Waals surface area contributed by atoms with Crippen molar-refractivity contribution in [2.45, 2.75) is 6.92 Å². The van der Waals surface area contributed by atoms with Crippen molar-refractivity contribution in [1.29, 1.82) is 0 Å². The molecular formula is C15H18N4O2. The van der Waals surface area contributed by atoms with Gasteiger partial charge in [-0.25, -0.2) is 4.68 Å². The van der Waals surface area contributed by atoms with Gasteiger partial charge in [0, 0.05) is 32.2 Å². The molecule has 110 valence electrons. The van der Waals surface area contributed by atoms with E-state index in [1.807, 2.05) is 31.2 Å². The van der Waals surface area contributed by atoms with Crippen molar-refractivity contribution in [2.75, 3.05) is 26.2 Å². The third-order valence-electron chi connectivity index (χ3n) is 3.65. The summed E-state index contributed by atoms with van der Waals surface area (Å²) >= 11 is 0. The number of H-pyrrole nitrogens is 1. The van der Waals surface area contributed by atoms with E-state index >= 15 is 0 Å². The van der Waals surface area contributed by atoms with E-state index in [9.17, 15) is 9.59 Å². The lowest BCUT2D eigenvalue weighted by Crippen LogP contribution is -2.46. The van der Waals surface area contributed by atoms with Crippen LogP contribution in [0.25, 0.3) is 5.69 Å². The molecule has 1 aliphatic heterocycles. The molecule has 0 aliphatic carbocycles. The molecule has 1 amide bonds. The van der Waals surface area contributed by atoms with Crippen molar-refractivity contribution in [3.8, 4) is 5.69 Å². The minimum absolute atomic E-state index is 0.125. The van der Waals surface area contributed by atoms with Gasteiger partial charge in [0.1, 0.15) is 5.69 Å². The fraction of sp³-hybridized carbons (Fsp3) is 0.333. The largest absolute Gasteiger partial charge is 0.335 e. The average Bonchev–Trinajstić information content (AvgIpc) is 2.90. The van der Waals surface area contributed by atoms with E-state index in [1.54, 1.807) is 4.90 Å². The summed E-state index contributed by atoms with van der Waals surface area (Å²) in [5, 5.41) is 6.10. The summed E-state index contributed by atoms with van der Waals surface area (Å²) < 4.78 is 1.40. The Bertz CT molecular complexity index is 693. The van der Waals surface area contributed by atoms with Crippen LogP contribution in [-0.4, -0.2) is 46.8 Å². The number of nitrogens with one attached hydrogen (secondary N) is 2. The first-order valence-corrected chi connectivity index (χ1v) is 7.04. The van der Waals surface area contributed by atoms with Crippen molar-refractivity contribution in [1.82, 2.24) is 20.0 Å². The van der Waals surface area contributed by atoms with Crippen molar-refractivity contribution in [3.05, 3.63) is 51.9 Å². The molecule has 0 unspecified atom stereocenters. The smallest absolute Gasteiger partial charge is 0.272 e. The summed E-state index contributed by atoms with van der Waals surface area (Å²) in [6, 6.07) is 8.93. The molecule has 0 saturated carbocycles. The molecule has 0 bridgehead atoms. The Balaban J connectivity index is 1.88. The number of aromatic amines is 1. The zero-order valence-corrected chi connectivity index (χ0v) is 11.9. The van der Waals surface area contributed by atoms with Gasteiger partial charge in [-0.1, -0.05) is 17.7 Å². The quantitative estimate of drug-likeness (QED) is 0.845. The van der Waals surface area contributed by atoms with Crippen molar-refractivity contribution in [3.63, 3.8) is 0 Å². The lowest BCUT2D eigenvalue weighted by molar-refractivity contribution is 0.0729. The Labute approximate surface area is 122 Å². The predicted molar refractivity (Wildman–Crippen MR) is 79.9 cm³/mol. The number of amides is 1. The van der Waals surface area contributed by atoms with Gasteiger partial charge in [0.05, 0.1) is 5.69 Å². The number of benzene rings is 1. The maximum atomic E-state index is 12.4. The lowest BCUT2D eigenvalue weighted by Gasteiger charge is -2.26.